The maximum absolute atomic E-state index is 11.4. The number of rotatable bonds is 4. The minimum absolute atomic E-state index is 0.0879. The van der Waals surface area contributed by atoms with E-state index >= 15 is 0 Å². The summed E-state index contributed by atoms with van der Waals surface area (Å²) in [5.41, 5.74) is 1.08. The maximum atomic E-state index is 11.4. The fourth-order valence-electron chi connectivity index (χ4n) is 1.67. The molecule has 4 heteroatoms. The molecule has 1 N–H and O–H groups in total. The van der Waals surface area contributed by atoms with Crippen molar-refractivity contribution in [2.75, 3.05) is 13.7 Å². The fourth-order valence-corrected chi connectivity index (χ4v) is 1.67. The van der Waals surface area contributed by atoms with Gasteiger partial charge in [0.15, 0.2) is 0 Å². The SMILES string of the molecule is CCOC(=O)[C@H]1N[C@@H]1c1ccc(OC)cc1. The number of benzene rings is 1. The second-order valence-electron chi connectivity index (χ2n) is 3.65. The van der Waals surface area contributed by atoms with E-state index in [4.69, 9.17) is 9.47 Å². The van der Waals surface area contributed by atoms with Crippen LogP contribution in [0.5, 0.6) is 5.75 Å². The van der Waals surface area contributed by atoms with Crippen molar-refractivity contribution in [1.82, 2.24) is 5.32 Å². The Balaban J connectivity index is 1.97. The second-order valence-corrected chi connectivity index (χ2v) is 3.65. The predicted octanol–water partition coefficient (Wildman–Crippen LogP) is 1.27. The van der Waals surface area contributed by atoms with Gasteiger partial charge in [0.1, 0.15) is 11.8 Å². The smallest absolute Gasteiger partial charge is 0.325 e. The normalized spacial score (nSPS) is 22.6. The lowest BCUT2D eigenvalue weighted by Gasteiger charge is -2.01. The number of carbonyl (C=O) groups excluding carboxylic acids is 1. The van der Waals surface area contributed by atoms with Crippen LogP contribution in [-0.4, -0.2) is 25.7 Å². The lowest BCUT2D eigenvalue weighted by Crippen LogP contribution is -2.13. The second kappa shape index (κ2) is 4.53. The van der Waals surface area contributed by atoms with Gasteiger partial charge >= 0.3 is 5.97 Å². The van der Waals surface area contributed by atoms with E-state index in [2.05, 4.69) is 5.32 Å². The molecular weight excluding hydrogens is 206 g/mol. The summed E-state index contributed by atoms with van der Waals surface area (Å²) in [6, 6.07) is 7.58. The summed E-state index contributed by atoms with van der Waals surface area (Å²) in [7, 11) is 1.63. The van der Waals surface area contributed by atoms with Gasteiger partial charge in [-0.15, -0.1) is 0 Å². The van der Waals surface area contributed by atoms with Crippen LogP contribution in [-0.2, 0) is 9.53 Å². The molecule has 0 radical (unpaired) electrons. The van der Waals surface area contributed by atoms with E-state index in [0.717, 1.165) is 11.3 Å². The number of methoxy groups -OCH3 is 1. The molecule has 16 heavy (non-hydrogen) atoms. The van der Waals surface area contributed by atoms with Crippen molar-refractivity contribution in [1.29, 1.82) is 0 Å². The van der Waals surface area contributed by atoms with Gasteiger partial charge in [-0.2, -0.15) is 0 Å². The van der Waals surface area contributed by atoms with E-state index in [1.165, 1.54) is 0 Å². The lowest BCUT2D eigenvalue weighted by atomic mass is 10.1. The van der Waals surface area contributed by atoms with Crippen LogP contribution in [0.1, 0.15) is 18.5 Å². The van der Waals surface area contributed by atoms with E-state index in [1.54, 1.807) is 7.11 Å². The zero-order valence-corrected chi connectivity index (χ0v) is 9.40. The van der Waals surface area contributed by atoms with Gasteiger partial charge in [-0.1, -0.05) is 12.1 Å². The highest BCUT2D eigenvalue weighted by atomic mass is 16.5. The minimum atomic E-state index is -0.187. The van der Waals surface area contributed by atoms with Crippen molar-refractivity contribution in [3.8, 4) is 5.75 Å². The van der Waals surface area contributed by atoms with Crippen LogP contribution in [0.15, 0.2) is 24.3 Å². The third kappa shape index (κ3) is 2.17. The molecule has 2 rings (SSSR count). The first-order chi connectivity index (χ1) is 7.76. The molecule has 2 atom stereocenters. The van der Waals surface area contributed by atoms with Crippen LogP contribution in [0.2, 0.25) is 0 Å². The van der Waals surface area contributed by atoms with Gasteiger partial charge in [0, 0.05) is 0 Å². The Bertz CT molecular complexity index is 374. The molecule has 0 spiro atoms. The van der Waals surface area contributed by atoms with Crippen molar-refractivity contribution >= 4 is 5.97 Å². The number of nitrogens with one attached hydrogen (secondary N) is 1. The quantitative estimate of drug-likeness (QED) is 0.614. The monoisotopic (exact) mass is 221 g/mol. The Labute approximate surface area is 94.6 Å². The van der Waals surface area contributed by atoms with E-state index in [9.17, 15) is 4.79 Å². The standard InChI is InChI=1S/C12H15NO3/c1-3-16-12(14)11-10(13-11)8-4-6-9(15-2)7-5-8/h4-7,10-11,13H,3H2,1-2H3/t10-,11+/m1/s1. The molecule has 4 nitrogen and oxygen atoms in total. The Morgan fingerprint density at radius 2 is 2.06 bits per heavy atom. The van der Waals surface area contributed by atoms with Crippen molar-refractivity contribution in [2.24, 2.45) is 0 Å². The first kappa shape index (κ1) is 11.0. The van der Waals surface area contributed by atoms with Crippen LogP contribution < -0.4 is 10.1 Å². The van der Waals surface area contributed by atoms with Crippen LogP contribution in [0.4, 0.5) is 0 Å². The first-order valence-corrected chi connectivity index (χ1v) is 5.33. The molecule has 0 saturated carbocycles. The van der Waals surface area contributed by atoms with Crippen LogP contribution in [0, 0.1) is 0 Å². The highest BCUT2D eigenvalue weighted by Crippen LogP contribution is 2.31. The zero-order chi connectivity index (χ0) is 11.5. The zero-order valence-electron chi connectivity index (χ0n) is 9.40. The third-order valence-electron chi connectivity index (χ3n) is 2.60. The number of carbonyl (C=O) groups is 1. The number of ether oxygens (including phenoxy) is 2. The van der Waals surface area contributed by atoms with E-state index in [0.29, 0.717) is 6.61 Å². The molecule has 1 fully saturated rings. The van der Waals surface area contributed by atoms with Gasteiger partial charge in [0.05, 0.1) is 19.8 Å². The molecule has 0 bridgehead atoms. The highest BCUT2D eigenvalue weighted by Gasteiger charge is 2.44. The molecule has 1 heterocycles. The van der Waals surface area contributed by atoms with E-state index in [-0.39, 0.29) is 18.1 Å². The number of hydrogen-bond donors (Lipinski definition) is 1. The van der Waals surface area contributed by atoms with Crippen LogP contribution in [0.25, 0.3) is 0 Å². The molecule has 0 aromatic heterocycles. The summed E-state index contributed by atoms with van der Waals surface area (Å²) in [6.45, 7) is 2.23. The maximum Gasteiger partial charge on any atom is 0.325 e. The third-order valence-corrected chi connectivity index (χ3v) is 2.60. The van der Waals surface area contributed by atoms with Crippen LogP contribution in [0.3, 0.4) is 0 Å². The molecule has 0 aliphatic carbocycles. The lowest BCUT2D eigenvalue weighted by molar-refractivity contribution is -0.142. The molecule has 0 amide bonds. The Hall–Kier alpha value is -1.55. The Morgan fingerprint density at radius 3 is 2.62 bits per heavy atom. The van der Waals surface area contributed by atoms with Gasteiger partial charge in [0.25, 0.3) is 0 Å². The predicted molar refractivity (Wildman–Crippen MR) is 59.3 cm³/mol. The molecule has 1 aliphatic rings. The molecule has 86 valence electrons. The van der Waals surface area contributed by atoms with Gasteiger partial charge in [-0.05, 0) is 24.6 Å². The minimum Gasteiger partial charge on any atom is -0.497 e. The van der Waals surface area contributed by atoms with Crippen molar-refractivity contribution in [2.45, 2.75) is 19.0 Å². The molecule has 1 saturated heterocycles. The number of esters is 1. The van der Waals surface area contributed by atoms with Crippen molar-refractivity contribution in [3.63, 3.8) is 0 Å². The molecule has 1 aliphatic heterocycles. The first-order valence-electron chi connectivity index (χ1n) is 5.33. The summed E-state index contributed by atoms with van der Waals surface area (Å²) in [5, 5.41) is 3.09. The van der Waals surface area contributed by atoms with Gasteiger partial charge < -0.3 is 9.47 Å². The van der Waals surface area contributed by atoms with Crippen molar-refractivity contribution < 1.29 is 14.3 Å². The summed E-state index contributed by atoms with van der Waals surface area (Å²) in [4.78, 5) is 11.4. The van der Waals surface area contributed by atoms with Crippen molar-refractivity contribution in [3.05, 3.63) is 29.8 Å². The number of hydrogen-bond acceptors (Lipinski definition) is 4. The summed E-state index contributed by atoms with van der Waals surface area (Å²) >= 11 is 0. The van der Waals surface area contributed by atoms with Gasteiger partial charge in [-0.25, -0.2) is 0 Å². The van der Waals surface area contributed by atoms with Crippen LogP contribution >= 0.6 is 0 Å². The molecule has 1 aromatic carbocycles. The average molecular weight is 221 g/mol. The van der Waals surface area contributed by atoms with Gasteiger partial charge in [-0.3, -0.25) is 10.1 Å². The molecule has 1 aromatic rings. The topological polar surface area (TPSA) is 57.5 Å². The highest BCUT2D eigenvalue weighted by molar-refractivity contribution is 5.80. The Morgan fingerprint density at radius 1 is 1.38 bits per heavy atom. The molecular formula is C12H15NO3. The summed E-state index contributed by atoms with van der Waals surface area (Å²) in [5.74, 6) is 0.639. The molecule has 0 unspecified atom stereocenters. The van der Waals surface area contributed by atoms with E-state index in [1.807, 2.05) is 31.2 Å². The fraction of sp³-hybridized carbons (Fsp3) is 0.417. The van der Waals surface area contributed by atoms with E-state index < -0.39 is 0 Å². The Kier molecular flexibility index (Phi) is 3.10. The average Bonchev–Trinajstić information content (AvgIpc) is 3.09. The summed E-state index contributed by atoms with van der Waals surface area (Å²) in [6.07, 6.45) is 0. The van der Waals surface area contributed by atoms with Gasteiger partial charge in [0.2, 0.25) is 0 Å². The largest absolute Gasteiger partial charge is 0.497 e. The summed E-state index contributed by atoms with van der Waals surface area (Å²) < 4.78 is 10.0.